The van der Waals surface area contributed by atoms with E-state index in [1.54, 1.807) is 6.92 Å². The van der Waals surface area contributed by atoms with Gasteiger partial charge >= 0.3 is 0 Å². The van der Waals surface area contributed by atoms with Gasteiger partial charge in [-0.25, -0.2) is 0 Å². The van der Waals surface area contributed by atoms with Crippen LogP contribution in [0.3, 0.4) is 0 Å². The van der Waals surface area contributed by atoms with E-state index in [2.05, 4.69) is 6.92 Å². The van der Waals surface area contributed by atoms with Crippen molar-refractivity contribution in [3.05, 3.63) is 22.8 Å². The minimum absolute atomic E-state index is 0.0513. The van der Waals surface area contributed by atoms with Crippen LogP contribution in [0.4, 0.5) is 0 Å². The molecular weight excluding hydrogens is 212 g/mol. The van der Waals surface area contributed by atoms with Crippen LogP contribution in [0.2, 0.25) is 0 Å². The van der Waals surface area contributed by atoms with Crippen LogP contribution in [0.15, 0.2) is 22.8 Å². The standard InChI is InChI=1S/C15H22O2/c1-4-6-7-8-9-13-12(5-2)15(17)11(3)10-14(13)16/h10H,4-9H2,1-3H3. The van der Waals surface area contributed by atoms with Gasteiger partial charge < -0.3 is 0 Å². The summed E-state index contributed by atoms with van der Waals surface area (Å²) in [6, 6.07) is 0. The molecule has 0 aromatic heterocycles. The summed E-state index contributed by atoms with van der Waals surface area (Å²) in [5.74, 6) is 0.119. The smallest absolute Gasteiger partial charge is 0.185 e. The third kappa shape index (κ3) is 3.39. The maximum Gasteiger partial charge on any atom is 0.185 e. The van der Waals surface area contributed by atoms with Gasteiger partial charge in [0.2, 0.25) is 0 Å². The summed E-state index contributed by atoms with van der Waals surface area (Å²) in [6.07, 6.45) is 7.46. The van der Waals surface area contributed by atoms with Gasteiger partial charge in [-0.1, -0.05) is 33.1 Å². The Balaban J connectivity index is 2.75. The van der Waals surface area contributed by atoms with E-state index in [9.17, 15) is 9.59 Å². The molecule has 2 heteroatoms. The van der Waals surface area contributed by atoms with Gasteiger partial charge in [0.1, 0.15) is 0 Å². The van der Waals surface area contributed by atoms with Crippen molar-refractivity contribution in [2.24, 2.45) is 0 Å². The van der Waals surface area contributed by atoms with Crippen molar-refractivity contribution in [1.29, 1.82) is 0 Å². The largest absolute Gasteiger partial charge is 0.290 e. The lowest BCUT2D eigenvalue weighted by molar-refractivity contribution is -0.116. The molecule has 0 N–H and O–H groups in total. The number of hydrogen-bond acceptors (Lipinski definition) is 2. The summed E-state index contributed by atoms with van der Waals surface area (Å²) in [5, 5.41) is 0. The van der Waals surface area contributed by atoms with Gasteiger partial charge in [0.15, 0.2) is 11.6 Å². The van der Waals surface area contributed by atoms with E-state index in [4.69, 9.17) is 0 Å². The molecule has 0 saturated carbocycles. The van der Waals surface area contributed by atoms with Crippen molar-refractivity contribution in [3.8, 4) is 0 Å². The molecule has 0 aromatic carbocycles. The lowest BCUT2D eigenvalue weighted by Crippen LogP contribution is -2.18. The molecule has 1 aliphatic rings. The van der Waals surface area contributed by atoms with Gasteiger partial charge in [-0.15, -0.1) is 0 Å². The molecule has 1 aliphatic carbocycles. The van der Waals surface area contributed by atoms with Crippen molar-refractivity contribution in [3.63, 3.8) is 0 Å². The minimum atomic E-state index is 0.0513. The Bertz CT molecular complexity index is 372. The predicted octanol–water partition coefficient (Wildman–Crippen LogP) is 3.76. The topological polar surface area (TPSA) is 34.1 Å². The molecule has 0 atom stereocenters. The van der Waals surface area contributed by atoms with Gasteiger partial charge in [-0.05, 0) is 32.3 Å². The van der Waals surface area contributed by atoms with E-state index < -0.39 is 0 Å². The molecule has 1 rings (SSSR count). The van der Waals surface area contributed by atoms with Crippen molar-refractivity contribution in [2.75, 3.05) is 0 Å². The summed E-state index contributed by atoms with van der Waals surface area (Å²) in [7, 11) is 0. The third-order valence-electron chi connectivity index (χ3n) is 3.28. The summed E-state index contributed by atoms with van der Waals surface area (Å²) < 4.78 is 0. The lowest BCUT2D eigenvalue weighted by atomic mass is 9.86. The average molecular weight is 234 g/mol. The van der Waals surface area contributed by atoms with Crippen molar-refractivity contribution < 1.29 is 9.59 Å². The van der Waals surface area contributed by atoms with Gasteiger partial charge in [0.05, 0.1) is 0 Å². The Morgan fingerprint density at radius 3 is 2.29 bits per heavy atom. The van der Waals surface area contributed by atoms with Crippen LogP contribution >= 0.6 is 0 Å². The fourth-order valence-electron chi connectivity index (χ4n) is 2.25. The second kappa shape index (κ2) is 6.53. The maximum absolute atomic E-state index is 11.9. The number of carbonyl (C=O) groups is 2. The SMILES string of the molecule is CCCCCCC1=C(CC)C(=O)C(C)=CC1=O. The number of ketones is 2. The van der Waals surface area contributed by atoms with Crippen LogP contribution in [-0.2, 0) is 9.59 Å². The Hall–Kier alpha value is -1.18. The molecule has 0 spiro atoms. The highest BCUT2D eigenvalue weighted by Crippen LogP contribution is 2.25. The summed E-state index contributed by atoms with van der Waals surface area (Å²) in [6.45, 7) is 5.84. The van der Waals surface area contributed by atoms with Crippen LogP contribution in [0.5, 0.6) is 0 Å². The normalized spacial score (nSPS) is 16.5. The van der Waals surface area contributed by atoms with Crippen LogP contribution in [0.25, 0.3) is 0 Å². The number of allylic oxidation sites excluding steroid dienone is 4. The van der Waals surface area contributed by atoms with E-state index in [0.29, 0.717) is 12.0 Å². The molecular formula is C15H22O2. The Kier molecular flexibility index (Phi) is 5.33. The monoisotopic (exact) mass is 234 g/mol. The van der Waals surface area contributed by atoms with Crippen LogP contribution in [-0.4, -0.2) is 11.6 Å². The third-order valence-corrected chi connectivity index (χ3v) is 3.28. The summed E-state index contributed by atoms with van der Waals surface area (Å²) in [4.78, 5) is 23.8. The van der Waals surface area contributed by atoms with Gasteiger partial charge in [0.25, 0.3) is 0 Å². The molecule has 94 valence electrons. The van der Waals surface area contributed by atoms with E-state index in [-0.39, 0.29) is 11.6 Å². The Morgan fingerprint density at radius 2 is 1.71 bits per heavy atom. The molecule has 0 saturated heterocycles. The summed E-state index contributed by atoms with van der Waals surface area (Å²) in [5.41, 5.74) is 2.09. The number of Topliss-reactive ketones (excluding diaryl/α,β-unsaturated/α-hetero) is 1. The first-order valence-corrected chi connectivity index (χ1v) is 6.61. The highest BCUT2D eigenvalue weighted by atomic mass is 16.1. The van der Waals surface area contributed by atoms with Gasteiger partial charge in [-0.3, -0.25) is 9.59 Å². The maximum atomic E-state index is 11.9. The molecule has 0 fully saturated rings. The minimum Gasteiger partial charge on any atom is -0.290 e. The molecule has 0 unspecified atom stereocenters. The number of hydrogen-bond donors (Lipinski definition) is 0. The van der Waals surface area contributed by atoms with Crippen LogP contribution < -0.4 is 0 Å². The number of unbranched alkanes of at least 4 members (excludes halogenated alkanes) is 3. The fraction of sp³-hybridized carbons (Fsp3) is 0.600. The van der Waals surface area contributed by atoms with E-state index in [0.717, 1.165) is 30.4 Å². The molecule has 0 heterocycles. The lowest BCUT2D eigenvalue weighted by Gasteiger charge is -2.16. The quantitative estimate of drug-likeness (QED) is 0.518. The molecule has 0 radical (unpaired) electrons. The Labute approximate surface area is 104 Å². The van der Waals surface area contributed by atoms with Crippen LogP contribution in [0.1, 0.15) is 59.3 Å². The number of rotatable bonds is 6. The fourth-order valence-corrected chi connectivity index (χ4v) is 2.25. The molecule has 0 aromatic rings. The second-order valence-electron chi connectivity index (χ2n) is 4.64. The predicted molar refractivity (Wildman–Crippen MR) is 69.8 cm³/mol. The molecule has 0 aliphatic heterocycles. The summed E-state index contributed by atoms with van der Waals surface area (Å²) >= 11 is 0. The zero-order valence-electron chi connectivity index (χ0n) is 11.1. The average Bonchev–Trinajstić information content (AvgIpc) is 2.31. The van der Waals surface area contributed by atoms with Gasteiger partial charge in [0, 0.05) is 16.7 Å². The van der Waals surface area contributed by atoms with Crippen molar-refractivity contribution in [1.82, 2.24) is 0 Å². The molecule has 0 amide bonds. The molecule has 2 nitrogen and oxygen atoms in total. The highest BCUT2D eigenvalue weighted by molar-refractivity contribution is 6.22. The zero-order valence-corrected chi connectivity index (χ0v) is 11.1. The first-order chi connectivity index (χ1) is 8.11. The Morgan fingerprint density at radius 1 is 1.00 bits per heavy atom. The first kappa shape index (κ1) is 13.9. The van der Waals surface area contributed by atoms with Gasteiger partial charge in [-0.2, -0.15) is 0 Å². The van der Waals surface area contributed by atoms with Crippen LogP contribution in [0, 0.1) is 0 Å². The van der Waals surface area contributed by atoms with E-state index >= 15 is 0 Å². The molecule has 17 heavy (non-hydrogen) atoms. The van der Waals surface area contributed by atoms with E-state index in [1.165, 1.54) is 18.9 Å². The van der Waals surface area contributed by atoms with E-state index in [1.807, 2.05) is 6.92 Å². The highest BCUT2D eigenvalue weighted by Gasteiger charge is 2.24. The molecule has 0 bridgehead atoms. The second-order valence-corrected chi connectivity index (χ2v) is 4.64. The first-order valence-electron chi connectivity index (χ1n) is 6.61. The van der Waals surface area contributed by atoms with Crippen molar-refractivity contribution in [2.45, 2.75) is 59.3 Å². The number of carbonyl (C=O) groups excluding carboxylic acids is 2. The van der Waals surface area contributed by atoms with Crippen molar-refractivity contribution >= 4 is 11.6 Å². The zero-order chi connectivity index (χ0) is 12.8.